The van der Waals surface area contributed by atoms with Crippen LogP contribution in [-0.4, -0.2) is 35.9 Å². The molecule has 19 heavy (non-hydrogen) atoms. The molecule has 6 nitrogen and oxygen atoms in total. The minimum atomic E-state index is -0.841. The van der Waals surface area contributed by atoms with Gasteiger partial charge in [-0.2, -0.15) is 0 Å². The van der Waals surface area contributed by atoms with Crippen LogP contribution in [0.1, 0.15) is 18.9 Å². The molecule has 102 valence electrons. The van der Waals surface area contributed by atoms with Crippen LogP contribution in [-0.2, 0) is 14.9 Å². The number of amides is 2. The number of methoxy groups -OCH3 is 1. The fourth-order valence-corrected chi connectivity index (χ4v) is 2.31. The molecule has 1 saturated heterocycles. The summed E-state index contributed by atoms with van der Waals surface area (Å²) in [5.74, 6) is -0.369. The van der Waals surface area contributed by atoms with Crippen molar-refractivity contribution in [3.63, 3.8) is 0 Å². The van der Waals surface area contributed by atoms with Crippen molar-refractivity contribution in [1.82, 2.24) is 5.06 Å². The van der Waals surface area contributed by atoms with Crippen LogP contribution in [0.3, 0.4) is 0 Å². The number of para-hydroxylation sites is 1. The van der Waals surface area contributed by atoms with Crippen LogP contribution < -0.4 is 5.32 Å². The van der Waals surface area contributed by atoms with Crippen molar-refractivity contribution >= 4 is 17.7 Å². The Morgan fingerprint density at radius 3 is 2.74 bits per heavy atom. The van der Waals surface area contributed by atoms with E-state index in [0.29, 0.717) is 17.7 Å². The number of hydrogen-bond donors (Lipinski definition) is 2. The lowest BCUT2D eigenvalue weighted by Gasteiger charge is -2.24. The molecule has 1 heterocycles. The summed E-state index contributed by atoms with van der Waals surface area (Å²) in [6.45, 7) is 2.03. The number of rotatable bonds is 2. The van der Waals surface area contributed by atoms with Gasteiger partial charge in [-0.3, -0.25) is 15.3 Å². The van der Waals surface area contributed by atoms with E-state index in [-0.39, 0.29) is 12.5 Å². The quantitative estimate of drug-likeness (QED) is 0.797. The summed E-state index contributed by atoms with van der Waals surface area (Å²) in [6.07, 6.45) is -0.107. The average Bonchev–Trinajstić information content (AvgIpc) is 2.68. The molecular formula is C13H16N2O4. The lowest BCUT2D eigenvalue weighted by molar-refractivity contribution is -0.160. The Labute approximate surface area is 110 Å². The summed E-state index contributed by atoms with van der Waals surface area (Å²) >= 11 is 0. The Balaban J connectivity index is 2.40. The number of nitrogens with one attached hydrogen (secondary N) is 1. The van der Waals surface area contributed by atoms with Gasteiger partial charge in [-0.05, 0) is 25.0 Å². The van der Waals surface area contributed by atoms with Gasteiger partial charge in [0.25, 0.3) is 5.91 Å². The van der Waals surface area contributed by atoms with Gasteiger partial charge in [-0.25, -0.2) is 9.86 Å². The number of anilines is 1. The Morgan fingerprint density at radius 2 is 2.16 bits per heavy atom. The standard InChI is InChI=1S/C13H16N2O4/c1-13(7-8-15(18)11(13)16)9-5-3-4-6-10(9)14-12(17)19-2/h3-6,18H,7-8H2,1-2H3,(H,14,17). The van der Waals surface area contributed by atoms with Gasteiger partial charge in [0.05, 0.1) is 12.5 Å². The van der Waals surface area contributed by atoms with Crippen LogP contribution in [0.25, 0.3) is 0 Å². The molecule has 2 rings (SSSR count). The fourth-order valence-electron chi connectivity index (χ4n) is 2.31. The third-order valence-electron chi connectivity index (χ3n) is 3.47. The lowest BCUT2D eigenvalue weighted by atomic mass is 9.80. The van der Waals surface area contributed by atoms with Crippen LogP contribution in [0.4, 0.5) is 10.5 Å². The smallest absolute Gasteiger partial charge is 0.411 e. The molecule has 1 aliphatic rings. The normalized spacial score (nSPS) is 22.5. The molecule has 0 aromatic heterocycles. The zero-order valence-corrected chi connectivity index (χ0v) is 10.8. The fraction of sp³-hybridized carbons (Fsp3) is 0.385. The number of ether oxygens (including phenoxy) is 1. The van der Waals surface area contributed by atoms with Crippen LogP contribution in [0.5, 0.6) is 0 Å². The van der Waals surface area contributed by atoms with E-state index in [2.05, 4.69) is 10.1 Å². The van der Waals surface area contributed by atoms with E-state index in [1.54, 1.807) is 31.2 Å². The second-order valence-corrected chi connectivity index (χ2v) is 4.67. The largest absolute Gasteiger partial charge is 0.453 e. The molecule has 1 aromatic carbocycles. The van der Waals surface area contributed by atoms with E-state index in [0.717, 1.165) is 5.06 Å². The SMILES string of the molecule is COC(=O)Nc1ccccc1C1(C)CCN(O)C1=O. The van der Waals surface area contributed by atoms with Crippen LogP contribution in [0, 0.1) is 0 Å². The molecule has 1 fully saturated rings. The summed E-state index contributed by atoms with van der Waals surface area (Å²) in [4.78, 5) is 23.4. The first-order valence-corrected chi connectivity index (χ1v) is 5.94. The monoisotopic (exact) mass is 264 g/mol. The Hall–Kier alpha value is -2.08. The van der Waals surface area contributed by atoms with Gasteiger partial charge in [0, 0.05) is 12.2 Å². The highest BCUT2D eigenvalue weighted by Crippen LogP contribution is 2.38. The topological polar surface area (TPSA) is 78.9 Å². The number of carbonyl (C=O) groups excluding carboxylic acids is 2. The second-order valence-electron chi connectivity index (χ2n) is 4.67. The molecule has 1 aromatic rings. The van der Waals surface area contributed by atoms with E-state index in [1.807, 2.05) is 0 Å². The van der Waals surface area contributed by atoms with Gasteiger partial charge in [0.15, 0.2) is 0 Å². The molecule has 1 atom stereocenters. The first kappa shape index (κ1) is 13.4. The van der Waals surface area contributed by atoms with E-state index < -0.39 is 11.5 Å². The molecule has 6 heteroatoms. The van der Waals surface area contributed by atoms with Crippen LogP contribution >= 0.6 is 0 Å². The number of hydroxylamine groups is 2. The molecule has 2 N–H and O–H groups in total. The highest BCUT2D eigenvalue weighted by atomic mass is 16.5. The van der Waals surface area contributed by atoms with Gasteiger partial charge < -0.3 is 4.74 Å². The summed E-state index contributed by atoms with van der Waals surface area (Å²) in [5.41, 5.74) is 0.342. The third kappa shape index (κ3) is 2.26. The van der Waals surface area contributed by atoms with Crippen molar-refractivity contribution < 1.29 is 19.5 Å². The maximum atomic E-state index is 12.1. The molecular weight excluding hydrogens is 248 g/mol. The van der Waals surface area contributed by atoms with E-state index >= 15 is 0 Å². The number of hydrogen-bond acceptors (Lipinski definition) is 4. The van der Waals surface area contributed by atoms with Gasteiger partial charge in [-0.1, -0.05) is 18.2 Å². The predicted octanol–water partition coefficient (Wildman–Crippen LogP) is 1.74. The van der Waals surface area contributed by atoms with Gasteiger partial charge >= 0.3 is 6.09 Å². The molecule has 0 bridgehead atoms. The molecule has 0 spiro atoms. The molecule has 0 radical (unpaired) electrons. The van der Waals surface area contributed by atoms with Gasteiger partial charge in [-0.15, -0.1) is 0 Å². The lowest BCUT2D eigenvalue weighted by Crippen LogP contribution is -2.34. The Bertz CT molecular complexity index is 517. The van der Waals surface area contributed by atoms with E-state index in [1.165, 1.54) is 7.11 Å². The zero-order valence-electron chi connectivity index (χ0n) is 10.8. The average molecular weight is 264 g/mol. The van der Waals surface area contributed by atoms with Crippen molar-refractivity contribution in [2.75, 3.05) is 19.0 Å². The minimum Gasteiger partial charge on any atom is -0.453 e. The van der Waals surface area contributed by atoms with E-state index in [9.17, 15) is 14.8 Å². The van der Waals surface area contributed by atoms with Gasteiger partial charge in [0.2, 0.25) is 0 Å². The summed E-state index contributed by atoms with van der Waals surface area (Å²) < 4.78 is 4.56. The van der Waals surface area contributed by atoms with E-state index in [4.69, 9.17) is 0 Å². The highest BCUT2D eigenvalue weighted by molar-refractivity contribution is 5.93. The van der Waals surface area contributed by atoms with Crippen molar-refractivity contribution in [3.8, 4) is 0 Å². The maximum Gasteiger partial charge on any atom is 0.411 e. The van der Waals surface area contributed by atoms with Crippen molar-refractivity contribution in [1.29, 1.82) is 0 Å². The van der Waals surface area contributed by atoms with Crippen molar-refractivity contribution in [2.45, 2.75) is 18.8 Å². The van der Waals surface area contributed by atoms with Gasteiger partial charge in [0.1, 0.15) is 0 Å². The predicted molar refractivity (Wildman–Crippen MR) is 67.9 cm³/mol. The van der Waals surface area contributed by atoms with Crippen LogP contribution in [0.2, 0.25) is 0 Å². The summed E-state index contributed by atoms with van der Waals surface area (Å²) in [7, 11) is 1.27. The van der Waals surface area contributed by atoms with Crippen molar-refractivity contribution in [3.05, 3.63) is 29.8 Å². The molecule has 0 saturated carbocycles. The number of benzene rings is 1. The number of nitrogens with zero attached hydrogens (tertiary/aromatic N) is 1. The Morgan fingerprint density at radius 1 is 1.47 bits per heavy atom. The molecule has 0 aliphatic carbocycles. The maximum absolute atomic E-state index is 12.1. The summed E-state index contributed by atoms with van der Waals surface area (Å²) in [5, 5.41) is 12.8. The third-order valence-corrected chi connectivity index (χ3v) is 3.47. The highest BCUT2D eigenvalue weighted by Gasteiger charge is 2.45. The minimum absolute atomic E-state index is 0.280. The molecule has 2 amide bonds. The first-order chi connectivity index (χ1) is 8.99. The molecule has 1 unspecified atom stereocenters. The number of carbonyl (C=O) groups is 2. The second kappa shape index (κ2) is 4.89. The first-order valence-electron chi connectivity index (χ1n) is 5.94. The van der Waals surface area contributed by atoms with Crippen LogP contribution in [0.15, 0.2) is 24.3 Å². The van der Waals surface area contributed by atoms with Crippen molar-refractivity contribution in [2.24, 2.45) is 0 Å². The summed E-state index contributed by atoms with van der Waals surface area (Å²) in [6, 6.07) is 7.01. The zero-order chi connectivity index (χ0) is 14.0. The Kier molecular flexibility index (Phi) is 3.44. The molecule has 1 aliphatic heterocycles.